The molecule has 1 aliphatic carbocycles. The summed E-state index contributed by atoms with van der Waals surface area (Å²) in [5.41, 5.74) is 1.14. The molecule has 5 nitrogen and oxygen atoms in total. The second kappa shape index (κ2) is 10.6. The fourth-order valence-corrected chi connectivity index (χ4v) is 4.76. The topological polar surface area (TPSA) is 69.6 Å². The number of fused-ring (bicyclic) bond motifs is 1. The Labute approximate surface area is 168 Å². The number of nitrogens with zero attached hydrogens (tertiary/aromatic N) is 1. The maximum atomic E-state index is 12.7. The first-order valence-corrected chi connectivity index (χ1v) is 10.9. The summed E-state index contributed by atoms with van der Waals surface area (Å²) in [4.78, 5) is 26.8. The lowest BCUT2D eigenvalue weighted by atomic mass is 9.78. The molecule has 0 bridgehead atoms. The van der Waals surface area contributed by atoms with Crippen LogP contribution in [0.15, 0.2) is 30.3 Å². The number of amides is 2. The quantitative estimate of drug-likeness (QED) is 0.673. The monoisotopic (exact) mass is 386 g/mol. The van der Waals surface area contributed by atoms with Crippen molar-refractivity contribution in [1.82, 2.24) is 10.2 Å². The maximum Gasteiger partial charge on any atom is 0.222 e. The van der Waals surface area contributed by atoms with Gasteiger partial charge in [-0.2, -0.15) is 0 Å². The van der Waals surface area contributed by atoms with Crippen molar-refractivity contribution in [3.05, 3.63) is 35.9 Å². The molecular weight excluding hydrogens is 352 g/mol. The summed E-state index contributed by atoms with van der Waals surface area (Å²) in [6.07, 6.45) is 8.94. The van der Waals surface area contributed by atoms with E-state index in [0.29, 0.717) is 31.2 Å². The van der Waals surface area contributed by atoms with E-state index in [0.717, 1.165) is 31.4 Å². The van der Waals surface area contributed by atoms with Gasteiger partial charge in [-0.1, -0.05) is 43.2 Å². The minimum atomic E-state index is -0.839. The molecule has 154 valence electrons. The minimum Gasteiger partial charge on any atom is -0.374 e. The van der Waals surface area contributed by atoms with Crippen LogP contribution < -0.4 is 5.32 Å². The zero-order valence-corrected chi connectivity index (χ0v) is 16.8. The maximum absolute atomic E-state index is 12.7. The second-order valence-corrected chi connectivity index (χ2v) is 8.30. The first-order chi connectivity index (χ1) is 13.6. The Balaban J connectivity index is 1.33. The molecule has 2 N–H and O–H groups in total. The van der Waals surface area contributed by atoms with E-state index in [-0.39, 0.29) is 18.2 Å². The van der Waals surface area contributed by atoms with Crippen molar-refractivity contribution in [3.63, 3.8) is 0 Å². The van der Waals surface area contributed by atoms with Gasteiger partial charge in [-0.05, 0) is 56.4 Å². The van der Waals surface area contributed by atoms with E-state index in [1.54, 1.807) is 0 Å². The number of aryl methyl sites for hydroxylation is 1. The van der Waals surface area contributed by atoms with Crippen LogP contribution in [0.5, 0.6) is 0 Å². The van der Waals surface area contributed by atoms with E-state index in [4.69, 9.17) is 0 Å². The van der Waals surface area contributed by atoms with E-state index in [9.17, 15) is 14.7 Å². The van der Waals surface area contributed by atoms with Crippen molar-refractivity contribution in [2.24, 2.45) is 5.92 Å². The number of benzene rings is 1. The zero-order valence-electron chi connectivity index (χ0n) is 16.8. The van der Waals surface area contributed by atoms with Gasteiger partial charge in [-0.3, -0.25) is 9.59 Å². The molecule has 2 fully saturated rings. The van der Waals surface area contributed by atoms with Gasteiger partial charge in [-0.25, -0.2) is 0 Å². The fourth-order valence-electron chi connectivity index (χ4n) is 4.76. The van der Waals surface area contributed by atoms with Gasteiger partial charge in [0.2, 0.25) is 11.8 Å². The highest BCUT2D eigenvalue weighted by Gasteiger charge is 2.35. The molecule has 1 saturated carbocycles. The Bertz CT molecular complexity index is 632. The Morgan fingerprint density at radius 3 is 2.64 bits per heavy atom. The van der Waals surface area contributed by atoms with Crippen LogP contribution in [0.25, 0.3) is 0 Å². The van der Waals surface area contributed by atoms with Crippen molar-refractivity contribution in [3.8, 4) is 0 Å². The first-order valence-electron chi connectivity index (χ1n) is 10.9. The smallest absolute Gasteiger partial charge is 0.222 e. The molecule has 2 aliphatic rings. The molecule has 2 amide bonds. The van der Waals surface area contributed by atoms with Gasteiger partial charge in [0, 0.05) is 25.4 Å². The third-order valence-corrected chi connectivity index (χ3v) is 6.23. The van der Waals surface area contributed by atoms with Gasteiger partial charge >= 0.3 is 0 Å². The Hall–Kier alpha value is -1.88. The van der Waals surface area contributed by atoms with Crippen LogP contribution in [0.2, 0.25) is 0 Å². The number of aliphatic hydroxyl groups excluding tert-OH is 1. The van der Waals surface area contributed by atoms with Crippen molar-refractivity contribution >= 4 is 11.8 Å². The molecular formula is C23H34N2O3. The van der Waals surface area contributed by atoms with Gasteiger partial charge in [0.1, 0.15) is 6.23 Å². The molecule has 3 rings (SSSR count). The lowest BCUT2D eigenvalue weighted by Crippen LogP contribution is -2.49. The van der Waals surface area contributed by atoms with Gasteiger partial charge in [0.05, 0.1) is 0 Å². The zero-order chi connectivity index (χ0) is 19.8. The number of rotatable bonds is 8. The van der Waals surface area contributed by atoms with Crippen LogP contribution in [0.4, 0.5) is 0 Å². The number of carbonyl (C=O) groups is 2. The van der Waals surface area contributed by atoms with Crippen molar-refractivity contribution in [2.75, 3.05) is 6.54 Å². The van der Waals surface area contributed by atoms with E-state index < -0.39 is 6.23 Å². The van der Waals surface area contributed by atoms with Crippen LogP contribution in [-0.4, -0.2) is 40.6 Å². The largest absolute Gasteiger partial charge is 0.374 e. The van der Waals surface area contributed by atoms with E-state index in [1.807, 2.05) is 30.3 Å². The summed E-state index contributed by atoms with van der Waals surface area (Å²) in [5.74, 6) is 0.714. The first kappa shape index (κ1) is 20.8. The molecule has 2 unspecified atom stereocenters. The third kappa shape index (κ3) is 6.06. The van der Waals surface area contributed by atoms with Crippen LogP contribution in [0.1, 0.15) is 69.8 Å². The highest BCUT2D eigenvalue weighted by atomic mass is 16.3. The highest BCUT2D eigenvalue weighted by molar-refractivity contribution is 5.79. The molecule has 3 atom stereocenters. The number of hydrogen-bond donors (Lipinski definition) is 2. The molecule has 0 spiro atoms. The highest BCUT2D eigenvalue weighted by Crippen LogP contribution is 2.35. The number of nitrogens with one attached hydrogen (secondary N) is 1. The van der Waals surface area contributed by atoms with Gasteiger partial charge in [0.15, 0.2) is 0 Å². The molecule has 1 aliphatic heterocycles. The number of aliphatic hydroxyl groups is 1. The molecule has 1 saturated heterocycles. The average Bonchev–Trinajstić information content (AvgIpc) is 2.72. The lowest BCUT2D eigenvalue weighted by Gasteiger charge is -2.44. The van der Waals surface area contributed by atoms with Crippen LogP contribution in [0.3, 0.4) is 0 Å². The summed E-state index contributed by atoms with van der Waals surface area (Å²) < 4.78 is 0. The standard InChI is InChI=1S/C23H34N2O3/c26-21(24-22(27)16-15-18-8-2-1-3-9-18)13-6-14-23(28)25-17-7-11-19-10-4-5-12-20(19)25/h1-3,8-9,19-20,22,27H,4-7,10-17H2,(H,24,26)/t19?,20?,22-/m0/s1. The number of hydrogen-bond acceptors (Lipinski definition) is 3. The summed E-state index contributed by atoms with van der Waals surface area (Å²) in [6.45, 7) is 0.879. The molecule has 28 heavy (non-hydrogen) atoms. The van der Waals surface area contributed by atoms with Crippen LogP contribution >= 0.6 is 0 Å². The molecule has 0 aromatic heterocycles. The SMILES string of the molecule is O=C(CCCC(=O)N1CCCC2CCCCC21)N[C@@H](O)CCc1ccccc1. The molecule has 0 radical (unpaired) electrons. The van der Waals surface area contributed by atoms with E-state index in [1.165, 1.54) is 25.7 Å². The van der Waals surface area contributed by atoms with Crippen molar-refractivity contribution < 1.29 is 14.7 Å². The molecule has 5 heteroatoms. The van der Waals surface area contributed by atoms with Crippen molar-refractivity contribution in [2.45, 2.75) is 82.9 Å². The third-order valence-electron chi connectivity index (χ3n) is 6.23. The number of likely N-dealkylation sites (tertiary alicyclic amines) is 1. The van der Waals surface area contributed by atoms with E-state index in [2.05, 4.69) is 10.2 Å². The molecule has 1 heterocycles. The second-order valence-electron chi connectivity index (χ2n) is 8.30. The summed E-state index contributed by atoms with van der Waals surface area (Å²) in [6, 6.07) is 10.4. The van der Waals surface area contributed by atoms with Crippen LogP contribution in [0, 0.1) is 5.92 Å². The number of piperidine rings is 1. The van der Waals surface area contributed by atoms with Crippen molar-refractivity contribution in [1.29, 1.82) is 0 Å². The predicted molar refractivity (Wildman–Crippen MR) is 109 cm³/mol. The average molecular weight is 387 g/mol. The molecule has 1 aromatic rings. The van der Waals surface area contributed by atoms with Gasteiger partial charge in [-0.15, -0.1) is 0 Å². The summed E-state index contributed by atoms with van der Waals surface area (Å²) in [5, 5.41) is 12.7. The lowest BCUT2D eigenvalue weighted by molar-refractivity contribution is -0.137. The van der Waals surface area contributed by atoms with Crippen LogP contribution in [-0.2, 0) is 16.0 Å². The number of carbonyl (C=O) groups excluding carboxylic acids is 2. The Kier molecular flexibility index (Phi) is 7.90. The van der Waals surface area contributed by atoms with Gasteiger partial charge in [0.25, 0.3) is 0 Å². The summed E-state index contributed by atoms with van der Waals surface area (Å²) in [7, 11) is 0. The summed E-state index contributed by atoms with van der Waals surface area (Å²) >= 11 is 0. The normalized spacial score (nSPS) is 23.0. The Morgan fingerprint density at radius 1 is 1.07 bits per heavy atom. The Morgan fingerprint density at radius 2 is 1.82 bits per heavy atom. The predicted octanol–water partition coefficient (Wildman–Crippen LogP) is 3.41. The van der Waals surface area contributed by atoms with E-state index >= 15 is 0 Å². The minimum absolute atomic E-state index is 0.178. The molecule has 1 aromatic carbocycles. The van der Waals surface area contributed by atoms with Gasteiger partial charge < -0.3 is 15.3 Å². The fraction of sp³-hybridized carbons (Fsp3) is 0.652.